The van der Waals surface area contributed by atoms with Crippen molar-refractivity contribution in [3.63, 3.8) is 0 Å². The lowest BCUT2D eigenvalue weighted by Gasteiger charge is -2.21. The van der Waals surface area contributed by atoms with Crippen LogP contribution in [0.4, 0.5) is 0 Å². The fourth-order valence-corrected chi connectivity index (χ4v) is 2.33. The number of hydrogen-bond acceptors (Lipinski definition) is 2. The third-order valence-electron chi connectivity index (χ3n) is 3.43. The zero-order chi connectivity index (χ0) is 10.9. The van der Waals surface area contributed by atoms with E-state index in [-0.39, 0.29) is 11.2 Å². The molecule has 2 heteroatoms. The van der Waals surface area contributed by atoms with Crippen LogP contribution in [0.5, 0.6) is 0 Å². The summed E-state index contributed by atoms with van der Waals surface area (Å²) in [5.74, 6) is 0.271. The van der Waals surface area contributed by atoms with E-state index in [0.717, 1.165) is 24.1 Å². The zero-order valence-electron chi connectivity index (χ0n) is 9.42. The Morgan fingerprint density at radius 2 is 2.00 bits per heavy atom. The Morgan fingerprint density at radius 1 is 1.33 bits per heavy atom. The van der Waals surface area contributed by atoms with Gasteiger partial charge in [0.2, 0.25) is 0 Å². The lowest BCUT2D eigenvalue weighted by Crippen LogP contribution is -2.24. The van der Waals surface area contributed by atoms with Crippen LogP contribution in [0.1, 0.15) is 48.7 Å². The molecule has 2 rings (SSSR count). The summed E-state index contributed by atoms with van der Waals surface area (Å²) in [6.07, 6.45) is 6.13. The molecule has 1 fully saturated rings. The molecule has 0 atom stereocenters. The number of nitrogens with zero attached hydrogens (tertiary/aromatic N) is 1. The maximum Gasteiger partial charge on any atom is 0.170 e. The predicted octanol–water partition coefficient (Wildman–Crippen LogP) is 3.15. The van der Waals surface area contributed by atoms with Gasteiger partial charge in [-0.1, -0.05) is 19.8 Å². The summed E-state index contributed by atoms with van der Waals surface area (Å²) in [4.78, 5) is 16.4. The maximum atomic E-state index is 12.2. The normalized spacial score (nSPS) is 19.1. The Labute approximate surface area is 90.7 Å². The van der Waals surface area contributed by atoms with Crippen LogP contribution in [-0.4, -0.2) is 10.8 Å². The third kappa shape index (κ3) is 1.94. The highest BCUT2D eigenvalue weighted by Gasteiger charge is 2.36. The van der Waals surface area contributed by atoms with Crippen LogP contribution in [0.15, 0.2) is 18.3 Å². The number of ketones is 1. The monoisotopic (exact) mass is 203 g/mol. The van der Waals surface area contributed by atoms with Crippen molar-refractivity contribution in [3.8, 4) is 0 Å². The number of pyridine rings is 1. The minimum Gasteiger partial charge on any atom is -0.294 e. The van der Waals surface area contributed by atoms with Gasteiger partial charge in [0.1, 0.15) is 0 Å². The van der Waals surface area contributed by atoms with Gasteiger partial charge in [0, 0.05) is 22.9 Å². The van der Waals surface area contributed by atoms with Crippen molar-refractivity contribution in [3.05, 3.63) is 29.6 Å². The number of hydrogen-bond donors (Lipinski definition) is 0. The second kappa shape index (κ2) is 3.76. The van der Waals surface area contributed by atoms with Crippen molar-refractivity contribution in [1.29, 1.82) is 0 Å². The van der Waals surface area contributed by atoms with E-state index in [1.54, 1.807) is 6.20 Å². The van der Waals surface area contributed by atoms with Crippen molar-refractivity contribution in [2.45, 2.75) is 39.5 Å². The molecule has 2 nitrogen and oxygen atoms in total. The smallest absolute Gasteiger partial charge is 0.170 e. The fourth-order valence-electron chi connectivity index (χ4n) is 2.33. The molecule has 0 N–H and O–H groups in total. The molecule has 0 unspecified atom stereocenters. The molecule has 0 radical (unpaired) electrons. The predicted molar refractivity (Wildman–Crippen MR) is 59.9 cm³/mol. The Hall–Kier alpha value is -1.18. The summed E-state index contributed by atoms with van der Waals surface area (Å²) in [7, 11) is 0. The molecular formula is C13H17NO. The molecule has 1 aromatic rings. The van der Waals surface area contributed by atoms with Crippen LogP contribution in [-0.2, 0) is 0 Å². The molecule has 0 saturated heterocycles. The van der Waals surface area contributed by atoms with Gasteiger partial charge >= 0.3 is 0 Å². The number of aryl methyl sites for hydroxylation is 1. The van der Waals surface area contributed by atoms with E-state index in [1.807, 2.05) is 19.1 Å². The number of Topliss-reactive ketones (excluding diaryl/α,β-unsaturated/α-hetero) is 1. The topological polar surface area (TPSA) is 30.0 Å². The molecular weight excluding hydrogens is 186 g/mol. The van der Waals surface area contributed by atoms with Gasteiger partial charge in [-0.25, -0.2) is 0 Å². The molecule has 1 aliphatic rings. The van der Waals surface area contributed by atoms with Gasteiger partial charge in [-0.05, 0) is 31.9 Å². The van der Waals surface area contributed by atoms with Gasteiger partial charge < -0.3 is 0 Å². The SMILES string of the molecule is Cc1ccc(C(=O)C2(C)CCCC2)cn1. The van der Waals surface area contributed by atoms with Crippen molar-refractivity contribution >= 4 is 5.78 Å². The van der Waals surface area contributed by atoms with Gasteiger partial charge in [0.15, 0.2) is 5.78 Å². The largest absolute Gasteiger partial charge is 0.294 e. The molecule has 1 aliphatic carbocycles. The van der Waals surface area contributed by atoms with Gasteiger partial charge in [-0.3, -0.25) is 9.78 Å². The van der Waals surface area contributed by atoms with Crippen molar-refractivity contribution in [2.24, 2.45) is 5.41 Å². The van der Waals surface area contributed by atoms with Gasteiger partial charge in [-0.15, -0.1) is 0 Å². The lowest BCUT2D eigenvalue weighted by molar-refractivity contribution is 0.0823. The highest BCUT2D eigenvalue weighted by molar-refractivity contribution is 6.00. The minimum atomic E-state index is -0.128. The first-order chi connectivity index (χ1) is 7.12. The zero-order valence-corrected chi connectivity index (χ0v) is 9.42. The van der Waals surface area contributed by atoms with E-state index >= 15 is 0 Å². The van der Waals surface area contributed by atoms with Crippen LogP contribution in [0.3, 0.4) is 0 Å². The van der Waals surface area contributed by atoms with Gasteiger partial charge in [0.25, 0.3) is 0 Å². The molecule has 0 aliphatic heterocycles. The number of aromatic nitrogens is 1. The van der Waals surface area contributed by atoms with Crippen molar-refractivity contribution < 1.29 is 4.79 Å². The third-order valence-corrected chi connectivity index (χ3v) is 3.43. The summed E-state index contributed by atoms with van der Waals surface area (Å²) in [6.45, 7) is 4.02. The highest BCUT2D eigenvalue weighted by Crippen LogP contribution is 2.40. The highest BCUT2D eigenvalue weighted by atomic mass is 16.1. The van der Waals surface area contributed by atoms with E-state index in [2.05, 4.69) is 11.9 Å². The fraction of sp³-hybridized carbons (Fsp3) is 0.538. The molecule has 0 amide bonds. The second-order valence-electron chi connectivity index (χ2n) is 4.79. The molecule has 1 aromatic heterocycles. The molecule has 1 heterocycles. The van der Waals surface area contributed by atoms with Crippen molar-refractivity contribution in [2.75, 3.05) is 0 Å². The molecule has 1 saturated carbocycles. The average molecular weight is 203 g/mol. The number of carbonyl (C=O) groups excluding carboxylic acids is 1. The van der Waals surface area contributed by atoms with Gasteiger partial charge in [-0.2, -0.15) is 0 Å². The lowest BCUT2D eigenvalue weighted by atomic mass is 9.81. The van der Waals surface area contributed by atoms with E-state index in [1.165, 1.54) is 12.8 Å². The van der Waals surface area contributed by atoms with Crippen LogP contribution >= 0.6 is 0 Å². The summed E-state index contributed by atoms with van der Waals surface area (Å²) in [5.41, 5.74) is 1.60. The molecule has 15 heavy (non-hydrogen) atoms. The molecule has 80 valence electrons. The van der Waals surface area contributed by atoms with E-state index in [0.29, 0.717) is 0 Å². The quantitative estimate of drug-likeness (QED) is 0.691. The maximum absolute atomic E-state index is 12.2. The summed E-state index contributed by atoms with van der Waals surface area (Å²) in [5, 5.41) is 0. The van der Waals surface area contributed by atoms with Crippen molar-refractivity contribution in [1.82, 2.24) is 4.98 Å². The average Bonchev–Trinajstić information content (AvgIpc) is 2.67. The molecule has 0 spiro atoms. The number of rotatable bonds is 2. The van der Waals surface area contributed by atoms with E-state index < -0.39 is 0 Å². The van der Waals surface area contributed by atoms with Crippen LogP contribution in [0.25, 0.3) is 0 Å². The second-order valence-corrected chi connectivity index (χ2v) is 4.79. The summed E-state index contributed by atoms with van der Waals surface area (Å²) < 4.78 is 0. The first kappa shape index (κ1) is 10.3. The van der Waals surface area contributed by atoms with E-state index in [4.69, 9.17) is 0 Å². The van der Waals surface area contributed by atoms with Crippen LogP contribution < -0.4 is 0 Å². The van der Waals surface area contributed by atoms with Gasteiger partial charge in [0.05, 0.1) is 0 Å². The Balaban J connectivity index is 2.24. The Bertz CT molecular complexity index is 361. The van der Waals surface area contributed by atoms with Crippen LogP contribution in [0, 0.1) is 12.3 Å². The standard InChI is InChI=1S/C13H17NO/c1-10-5-6-11(9-14-10)12(15)13(2)7-3-4-8-13/h5-6,9H,3-4,7-8H2,1-2H3. The van der Waals surface area contributed by atoms with E-state index in [9.17, 15) is 4.79 Å². The Kier molecular flexibility index (Phi) is 2.59. The molecule has 0 bridgehead atoms. The number of carbonyl (C=O) groups is 1. The minimum absolute atomic E-state index is 0.128. The molecule has 0 aromatic carbocycles. The first-order valence-corrected chi connectivity index (χ1v) is 5.59. The Morgan fingerprint density at radius 3 is 2.53 bits per heavy atom. The summed E-state index contributed by atoms with van der Waals surface area (Å²) in [6, 6.07) is 3.81. The van der Waals surface area contributed by atoms with Crippen LogP contribution in [0.2, 0.25) is 0 Å². The summed E-state index contributed by atoms with van der Waals surface area (Å²) >= 11 is 0. The first-order valence-electron chi connectivity index (χ1n) is 5.59.